The van der Waals surface area contributed by atoms with E-state index in [2.05, 4.69) is 33.6 Å². The van der Waals surface area contributed by atoms with E-state index in [-0.39, 0.29) is 37.5 Å². The highest BCUT2D eigenvalue weighted by Gasteiger charge is 2.32. The minimum absolute atomic E-state index is 0.0441. The Hall–Kier alpha value is -3.11. The van der Waals surface area contributed by atoms with Crippen molar-refractivity contribution in [3.8, 4) is 0 Å². The zero-order valence-electron chi connectivity index (χ0n) is 18.6. The molecule has 0 rings (SSSR count). The van der Waals surface area contributed by atoms with Crippen molar-refractivity contribution >= 4 is 48.2 Å². The van der Waals surface area contributed by atoms with Crippen LogP contribution in [0.4, 0.5) is 0 Å². The minimum atomic E-state index is -1.60. The summed E-state index contributed by atoms with van der Waals surface area (Å²) in [6.07, 6.45) is -2.11. The van der Waals surface area contributed by atoms with Crippen LogP contribution in [0, 0.1) is 0 Å². The lowest BCUT2D eigenvalue weighted by atomic mass is 10.1. The van der Waals surface area contributed by atoms with Gasteiger partial charge in [0.2, 0.25) is 17.7 Å². The molecular weight excluding hydrogens is 474 g/mol. The summed E-state index contributed by atoms with van der Waals surface area (Å²) in [4.78, 5) is 63.4. The number of nitrogens with one attached hydrogen (secondary N) is 3. The number of aliphatic hydroxyl groups excluding tert-OH is 1. The lowest BCUT2D eigenvalue weighted by Crippen LogP contribution is -2.60. The Labute approximate surface area is 201 Å². The van der Waals surface area contributed by atoms with Gasteiger partial charge in [0.05, 0.1) is 12.1 Å². The maximum absolute atomic E-state index is 12.7. The maximum Gasteiger partial charge on any atom is 0.326 e. The second-order valence-corrected chi connectivity index (χ2v) is 7.72. The summed E-state index contributed by atoms with van der Waals surface area (Å²) in [6, 6.07) is -5.43. The Balaban J connectivity index is 5.37. The lowest BCUT2D eigenvalue weighted by molar-refractivity contribution is -0.143. The van der Waals surface area contributed by atoms with Gasteiger partial charge in [-0.2, -0.15) is 12.6 Å². The van der Waals surface area contributed by atoms with Gasteiger partial charge >= 0.3 is 11.9 Å². The molecule has 12 N–H and O–H groups in total. The van der Waals surface area contributed by atoms with Gasteiger partial charge in [-0.15, -0.1) is 0 Å². The highest BCUT2D eigenvalue weighted by molar-refractivity contribution is 7.80. The van der Waals surface area contributed by atoms with E-state index in [1.54, 1.807) is 0 Å². The predicted octanol–water partition coefficient (Wildman–Crippen LogP) is -3.92. The Bertz CT molecular complexity index is 761. The van der Waals surface area contributed by atoms with Gasteiger partial charge in [0.15, 0.2) is 5.96 Å². The van der Waals surface area contributed by atoms with Crippen molar-refractivity contribution in [2.75, 3.05) is 12.3 Å². The van der Waals surface area contributed by atoms with E-state index in [0.717, 1.165) is 0 Å². The van der Waals surface area contributed by atoms with Gasteiger partial charge in [0, 0.05) is 18.7 Å². The van der Waals surface area contributed by atoms with Crippen molar-refractivity contribution in [2.45, 2.75) is 62.9 Å². The molecule has 0 aromatic rings. The zero-order valence-corrected chi connectivity index (χ0v) is 19.5. The molecule has 194 valence electrons. The number of aliphatic carboxylic acids is 2. The van der Waals surface area contributed by atoms with E-state index in [4.69, 9.17) is 22.3 Å². The summed E-state index contributed by atoms with van der Waals surface area (Å²) in [7, 11) is 0. The third-order valence-electron chi connectivity index (χ3n) is 4.44. The van der Waals surface area contributed by atoms with Gasteiger partial charge in [0.1, 0.15) is 18.1 Å². The van der Waals surface area contributed by atoms with E-state index in [1.165, 1.54) is 6.92 Å². The van der Waals surface area contributed by atoms with Crippen molar-refractivity contribution in [3.63, 3.8) is 0 Å². The molecule has 34 heavy (non-hydrogen) atoms. The summed E-state index contributed by atoms with van der Waals surface area (Å²) >= 11 is 3.88. The first-order valence-corrected chi connectivity index (χ1v) is 10.9. The summed E-state index contributed by atoms with van der Waals surface area (Å²) < 4.78 is 0. The summed E-state index contributed by atoms with van der Waals surface area (Å²) in [6.45, 7) is 1.30. The molecule has 0 radical (unpaired) electrons. The number of nitrogens with two attached hydrogens (primary N) is 3. The molecule has 3 amide bonds. The number of aliphatic imine (C=N–C) groups is 1. The number of hydrogen-bond donors (Lipinski definition) is 10. The van der Waals surface area contributed by atoms with Gasteiger partial charge < -0.3 is 48.5 Å². The normalized spacial score (nSPS) is 15.1. The van der Waals surface area contributed by atoms with E-state index in [1.807, 2.05) is 0 Å². The number of carbonyl (C=O) groups is 5. The van der Waals surface area contributed by atoms with Crippen LogP contribution in [-0.4, -0.2) is 93.5 Å². The summed E-state index contributed by atoms with van der Waals surface area (Å²) in [5, 5.41) is 34.9. The Morgan fingerprint density at radius 3 is 2.00 bits per heavy atom. The summed E-state index contributed by atoms with van der Waals surface area (Å²) in [5.74, 6) is -5.56. The molecule has 0 aliphatic carbocycles. The number of hydrogen-bond acceptors (Lipinski definition) is 9. The van der Waals surface area contributed by atoms with E-state index in [0.29, 0.717) is 0 Å². The van der Waals surface area contributed by atoms with Gasteiger partial charge in [-0.1, -0.05) is 0 Å². The average Bonchev–Trinajstić information content (AvgIpc) is 2.74. The van der Waals surface area contributed by atoms with Crippen molar-refractivity contribution < 1.29 is 39.3 Å². The van der Waals surface area contributed by atoms with Gasteiger partial charge in [0.25, 0.3) is 0 Å². The molecular formula is C18H33N7O8S. The number of amides is 3. The van der Waals surface area contributed by atoms with Crippen LogP contribution in [0.15, 0.2) is 4.99 Å². The van der Waals surface area contributed by atoms with Gasteiger partial charge in [-0.05, 0) is 26.2 Å². The van der Waals surface area contributed by atoms with Crippen molar-refractivity contribution in [2.24, 2.45) is 22.2 Å². The van der Waals surface area contributed by atoms with Crippen LogP contribution in [-0.2, 0) is 24.0 Å². The van der Waals surface area contributed by atoms with E-state index < -0.39 is 66.4 Å². The molecule has 0 aliphatic heterocycles. The number of guanidine groups is 1. The molecule has 0 spiro atoms. The molecule has 0 aromatic heterocycles. The van der Waals surface area contributed by atoms with E-state index in [9.17, 15) is 34.2 Å². The van der Waals surface area contributed by atoms with Crippen LogP contribution in [0.25, 0.3) is 0 Å². The Morgan fingerprint density at radius 1 is 0.941 bits per heavy atom. The summed E-state index contributed by atoms with van der Waals surface area (Å²) in [5.41, 5.74) is 15.9. The van der Waals surface area contributed by atoms with Gasteiger partial charge in [-0.25, -0.2) is 4.79 Å². The number of carboxylic acid groups (broad SMARTS) is 2. The highest BCUT2D eigenvalue weighted by Crippen LogP contribution is 2.04. The van der Waals surface area contributed by atoms with Gasteiger partial charge in [-0.3, -0.25) is 24.2 Å². The molecule has 16 heteroatoms. The fourth-order valence-corrected chi connectivity index (χ4v) is 2.75. The zero-order chi connectivity index (χ0) is 26.4. The van der Waals surface area contributed by atoms with Crippen molar-refractivity contribution in [1.29, 1.82) is 0 Å². The second kappa shape index (κ2) is 15.7. The first-order valence-electron chi connectivity index (χ1n) is 10.3. The Kier molecular flexibility index (Phi) is 14.2. The molecule has 0 bridgehead atoms. The van der Waals surface area contributed by atoms with Crippen molar-refractivity contribution in [1.82, 2.24) is 16.0 Å². The molecule has 0 saturated heterocycles. The molecule has 15 nitrogen and oxygen atoms in total. The number of carbonyl (C=O) groups excluding carboxylic acids is 3. The maximum atomic E-state index is 12.7. The fraction of sp³-hybridized carbons (Fsp3) is 0.667. The number of aliphatic hydroxyl groups is 1. The molecule has 0 fully saturated rings. The first kappa shape index (κ1) is 30.9. The average molecular weight is 508 g/mol. The number of thiol groups is 1. The van der Waals surface area contributed by atoms with Crippen LogP contribution in [0.2, 0.25) is 0 Å². The first-order chi connectivity index (χ1) is 15.8. The topological polar surface area (TPSA) is 273 Å². The molecule has 5 atom stereocenters. The number of carboxylic acids is 2. The predicted molar refractivity (Wildman–Crippen MR) is 124 cm³/mol. The van der Waals surface area contributed by atoms with Crippen LogP contribution in [0.1, 0.15) is 32.6 Å². The second-order valence-electron chi connectivity index (χ2n) is 7.36. The molecule has 0 heterocycles. The third-order valence-corrected chi connectivity index (χ3v) is 4.83. The van der Waals surface area contributed by atoms with Crippen LogP contribution >= 0.6 is 12.6 Å². The fourth-order valence-electron chi connectivity index (χ4n) is 2.58. The smallest absolute Gasteiger partial charge is 0.326 e. The molecule has 5 unspecified atom stereocenters. The standard InChI is InChI=1S/C18H33N7O8S/c1-8(26)13(16(31)24-11(17(32)33)3-2-6-22-18(20)21)25-15(30)10(4-5-12(27)28)23-14(29)9(19)7-34/h8-11,13,26,34H,2-7,19H2,1H3,(H,23,29)(H,24,31)(H,25,30)(H,27,28)(H,32,33)(H4,20,21,22). The highest BCUT2D eigenvalue weighted by atomic mass is 32.1. The minimum Gasteiger partial charge on any atom is -0.481 e. The quantitative estimate of drug-likeness (QED) is 0.0417. The lowest BCUT2D eigenvalue weighted by Gasteiger charge is -2.26. The number of nitrogens with zero attached hydrogens (tertiary/aromatic N) is 1. The molecule has 0 aromatic carbocycles. The van der Waals surface area contributed by atoms with Crippen LogP contribution in [0.5, 0.6) is 0 Å². The Morgan fingerprint density at radius 2 is 1.53 bits per heavy atom. The van der Waals surface area contributed by atoms with Crippen molar-refractivity contribution in [3.05, 3.63) is 0 Å². The number of rotatable bonds is 16. The monoisotopic (exact) mass is 507 g/mol. The molecule has 0 saturated carbocycles. The van der Waals surface area contributed by atoms with Crippen LogP contribution in [0.3, 0.4) is 0 Å². The molecule has 0 aliphatic rings. The van der Waals surface area contributed by atoms with E-state index >= 15 is 0 Å². The third kappa shape index (κ3) is 12.2. The van der Waals surface area contributed by atoms with Crippen LogP contribution < -0.4 is 33.2 Å². The largest absolute Gasteiger partial charge is 0.481 e. The SMILES string of the molecule is CC(O)C(NC(=O)C(CCC(=O)O)NC(=O)C(N)CS)C(=O)NC(CCCN=C(N)N)C(=O)O.